The van der Waals surface area contributed by atoms with Crippen molar-refractivity contribution in [3.05, 3.63) is 66.2 Å². The van der Waals surface area contributed by atoms with Crippen molar-refractivity contribution in [2.45, 2.75) is 52.4 Å². The number of hydrogen-bond acceptors (Lipinski definition) is 3. The molecule has 2 saturated heterocycles. The van der Waals surface area contributed by atoms with Crippen molar-refractivity contribution in [2.24, 2.45) is 17.8 Å². The Morgan fingerprint density at radius 1 is 0.861 bits per heavy atom. The van der Waals surface area contributed by atoms with E-state index in [2.05, 4.69) is 35.2 Å². The van der Waals surface area contributed by atoms with Crippen LogP contribution in [0, 0.1) is 17.8 Å². The molecule has 0 spiro atoms. The molecule has 2 aromatic carbocycles. The van der Waals surface area contributed by atoms with E-state index in [0.717, 1.165) is 57.0 Å². The first kappa shape index (κ1) is 26.4. The third-order valence-electron chi connectivity index (χ3n) is 7.91. The SMILES string of the molecule is CC(C)C(=O)N1CCC(C(=O)N(CCCN2CCC(Cc3ccccc3)CC2)c2ccccc2)CC1. The highest BCUT2D eigenvalue weighted by Crippen LogP contribution is 2.25. The summed E-state index contributed by atoms with van der Waals surface area (Å²) in [5.41, 5.74) is 2.44. The van der Waals surface area contributed by atoms with Crippen molar-refractivity contribution in [3.8, 4) is 0 Å². The molecule has 194 valence electrons. The molecule has 2 heterocycles. The molecule has 0 bridgehead atoms. The first-order valence-electron chi connectivity index (χ1n) is 13.9. The van der Waals surface area contributed by atoms with E-state index in [1.54, 1.807) is 0 Å². The molecule has 36 heavy (non-hydrogen) atoms. The molecule has 0 radical (unpaired) electrons. The van der Waals surface area contributed by atoms with Gasteiger partial charge >= 0.3 is 0 Å². The summed E-state index contributed by atoms with van der Waals surface area (Å²) in [5.74, 6) is 1.21. The molecule has 0 N–H and O–H groups in total. The Balaban J connectivity index is 1.26. The van der Waals surface area contributed by atoms with Crippen LogP contribution in [-0.2, 0) is 16.0 Å². The van der Waals surface area contributed by atoms with Crippen LogP contribution in [0.5, 0.6) is 0 Å². The fourth-order valence-electron chi connectivity index (χ4n) is 5.72. The quantitative estimate of drug-likeness (QED) is 0.483. The number of likely N-dealkylation sites (tertiary alicyclic amines) is 2. The summed E-state index contributed by atoms with van der Waals surface area (Å²) in [6.07, 6.45) is 6.19. The molecule has 5 nitrogen and oxygen atoms in total. The Morgan fingerprint density at radius 3 is 2.08 bits per heavy atom. The molecule has 2 aromatic rings. The van der Waals surface area contributed by atoms with E-state index >= 15 is 0 Å². The van der Waals surface area contributed by atoms with Gasteiger partial charge in [0.15, 0.2) is 0 Å². The average molecular weight is 490 g/mol. The molecule has 2 aliphatic rings. The molecule has 0 aliphatic carbocycles. The predicted molar refractivity (Wildman–Crippen MR) is 147 cm³/mol. The summed E-state index contributed by atoms with van der Waals surface area (Å²) in [4.78, 5) is 32.5. The highest BCUT2D eigenvalue weighted by Gasteiger charge is 2.31. The first-order chi connectivity index (χ1) is 17.5. The van der Waals surface area contributed by atoms with Gasteiger partial charge in [0.1, 0.15) is 0 Å². The standard InChI is InChI=1S/C31H43N3O2/c1-25(2)30(35)33-22-16-28(17-23-33)31(36)34(29-12-7-4-8-13-29)19-9-18-32-20-14-27(15-21-32)24-26-10-5-3-6-11-26/h3-8,10-13,25,27-28H,9,14-24H2,1-2H3. The maximum atomic E-state index is 13.6. The van der Waals surface area contributed by atoms with Gasteiger partial charge < -0.3 is 14.7 Å². The zero-order valence-electron chi connectivity index (χ0n) is 22.1. The van der Waals surface area contributed by atoms with Crippen LogP contribution < -0.4 is 4.90 Å². The monoisotopic (exact) mass is 489 g/mol. The van der Waals surface area contributed by atoms with Crippen molar-refractivity contribution >= 4 is 17.5 Å². The lowest BCUT2D eigenvalue weighted by molar-refractivity contribution is -0.137. The van der Waals surface area contributed by atoms with Gasteiger partial charge in [-0.1, -0.05) is 62.4 Å². The number of carbonyl (C=O) groups is 2. The lowest BCUT2D eigenvalue weighted by Gasteiger charge is -2.36. The maximum Gasteiger partial charge on any atom is 0.230 e. The van der Waals surface area contributed by atoms with E-state index in [-0.39, 0.29) is 23.7 Å². The van der Waals surface area contributed by atoms with Crippen LogP contribution in [-0.4, -0.2) is 60.9 Å². The summed E-state index contributed by atoms with van der Waals surface area (Å²) in [6.45, 7) is 9.36. The minimum atomic E-state index is -0.00449. The van der Waals surface area contributed by atoms with Crippen LogP contribution >= 0.6 is 0 Å². The molecule has 0 atom stereocenters. The van der Waals surface area contributed by atoms with Gasteiger partial charge in [-0.2, -0.15) is 0 Å². The fourth-order valence-corrected chi connectivity index (χ4v) is 5.72. The van der Waals surface area contributed by atoms with Crippen LogP contribution in [0.3, 0.4) is 0 Å². The molecule has 5 heteroatoms. The lowest BCUT2D eigenvalue weighted by atomic mass is 9.90. The number of benzene rings is 2. The molecule has 4 rings (SSSR count). The number of anilines is 1. The minimum Gasteiger partial charge on any atom is -0.342 e. The van der Waals surface area contributed by atoms with Gasteiger partial charge in [-0.15, -0.1) is 0 Å². The summed E-state index contributed by atoms with van der Waals surface area (Å²) >= 11 is 0. The highest BCUT2D eigenvalue weighted by atomic mass is 16.2. The Labute approximate surface area is 217 Å². The van der Waals surface area contributed by atoms with Crippen molar-refractivity contribution in [3.63, 3.8) is 0 Å². The normalized spacial score (nSPS) is 17.9. The zero-order valence-corrected chi connectivity index (χ0v) is 22.1. The van der Waals surface area contributed by atoms with E-state index in [4.69, 9.17) is 0 Å². The largest absolute Gasteiger partial charge is 0.342 e. The zero-order chi connectivity index (χ0) is 25.3. The Kier molecular flexibility index (Phi) is 9.57. The van der Waals surface area contributed by atoms with Gasteiger partial charge in [-0.25, -0.2) is 0 Å². The van der Waals surface area contributed by atoms with Crippen molar-refractivity contribution < 1.29 is 9.59 Å². The summed E-state index contributed by atoms with van der Waals surface area (Å²) < 4.78 is 0. The molecule has 2 amide bonds. The van der Waals surface area contributed by atoms with Crippen LogP contribution in [0.1, 0.15) is 51.5 Å². The van der Waals surface area contributed by atoms with Crippen molar-refractivity contribution in [2.75, 3.05) is 44.2 Å². The third-order valence-corrected chi connectivity index (χ3v) is 7.91. The number of hydrogen-bond donors (Lipinski definition) is 0. The molecule has 0 unspecified atom stereocenters. The number of piperidine rings is 2. The summed E-state index contributed by atoms with van der Waals surface area (Å²) in [5, 5.41) is 0. The topological polar surface area (TPSA) is 43.9 Å². The Hall–Kier alpha value is -2.66. The average Bonchev–Trinajstić information content (AvgIpc) is 2.92. The van der Waals surface area contributed by atoms with Gasteiger partial charge in [0, 0.05) is 37.2 Å². The van der Waals surface area contributed by atoms with E-state index in [0.29, 0.717) is 13.1 Å². The molecular formula is C31H43N3O2. The second-order valence-electron chi connectivity index (χ2n) is 10.9. The van der Waals surface area contributed by atoms with Crippen LogP contribution in [0.15, 0.2) is 60.7 Å². The van der Waals surface area contributed by atoms with E-state index < -0.39 is 0 Å². The van der Waals surface area contributed by atoms with Crippen LogP contribution in [0.25, 0.3) is 0 Å². The fraction of sp³-hybridized carbons (Fsp3) is 0.548. The second-order valence-corrected chi connectivity index (χ2v) is 10.9. The number of rotatable bonds is 9. The predicted octanol–water partition coefficient (Wildman–Crippen LogP) is 5.26. The van der Waals surface area contributed by atoms with E-state index in [9.17, 15) is 9.59 Å². The second kappa shape index (κ2) is 13.0. The van der Waals surface area contributed by atoms with Gasteiger partial charge in [-0.05, 0) is 81.8 Å². The smallest absolute Gasteiger partial charge is 0.230 e. The minimum absolute atomic E-state index is 0.00449. The summed E-state index contributed by atoms with van der Waals surface area (Å²) in [6, 6.07) is 21.0. The van der Waals surface area contributed by atoms with Crippen molar-refractivity contribution in [1.82, 2.24) is 9.80 Å². The molecule has 0 aromatic heterocycles. The lowest BCUT2D eigenvalue weighted by Crippen LogP contribution is -2.46. The van der Waals surface area contributed by atoms with Gasteiger partial charge in [-0.3, -0.25) is 9.59 Å². The van der Waals surface area contributed by atoms with Gasteiger partial charge in [0.05, 0.1) is 0 Å². The number of para-hydroxylation sites is 1. The first-order valence-corrected chi connectivity index (χ1v) is 13.9. The van der Waals surface area contributed by atoms with Crippen LogP contribution in [0.4, 0.5) is 5.69 Å². The Morgan fingerprint density at radius 2 is 1.47 bits per heavy atom. The molecule has 2 fully saturated rings. The van der Waals surface area contributed by atoms with Gasteiger partial charge in [0.2, 0.25) is 11.8 Å². The van der Waals surface area contributed by atoms with Gasteiger partial charge in [0.25, 0.3) is 0 Å². The van der Waals surface area contributed by atoms with E-state index in [1.165, 1.54) is 24.8 Å². The number of amides is 2. The van der Waals surface area contributed by atoms with E-state index in [1.807, 2.05) is 54.0 Å². The molecular weight excluding hydrogens is 446 g/mol. The Bertz CT molecular complexity index is 946. The third kappa shape index (κ3) is 7.19. The van der Waals surface area contributed by atoms with Crippen molar-refractivity contribution in [1.29, 1.82) is 0 Å². The highest BCUT2D eigenvalue weighted by molar-refractivity contribution is 5.95. The molecule has 0 saturated carbocycles. The number of carbonyl (C=O) groups excluding carboxylic acids is 2. The van der Waals surface area contributed by atoms with Crippen LogP contribution in [0.2, 0.25) is 0 Å². The number of nitrogens with zero attached hydrogens (tertiary/aromatic N) is 3. The maximum absolute atomic E-state index is 13.6. The molecule has 2 aliphatic heterocycles. The summed E-state index contributed by atoms with van der Waals surface area (Å²) in [7, 11) is 0.